The van der Waals surface area contributed by atoms with Gasteiger partial charge in [0, 0.05) is 16.8 Å². The van der Waals surface area contributed by atoms with Crippen molar-refractivity contribution in [1.29, 1.82) is 0 Å². The molecular weight excluding hydrogens is 222 g/mol. The fraction of sp³-hybridized carbons (Fsp3) is 0.125. The lowest BCUT2D eigenvalue weighted by Crippen LogP contribution is -2.06. The van der Waals surface area contributed by atoms with Crippen LogP contribution in [0.25, 0.3) is 0 Å². The highest BCUT2D eigenvalue weighted by Gasteiger charge is 2.09. The van der Waals surface area contributed by atoms with Gasteiger partial charge in [0.15, 0.2) is 0 Å². The van der Waals surface area contributed by atoms with E-state index in [1.54, 1.807) is 6.07 Å². The summed E-state index contributed by atoms with van der Waals surface area (Å²) in [6.07, 6.45) is 5.37. The molecule has 0 aliphatic heterocycles. The van der Waals surface area contributed by atoms with Crippen molar-refractivity contribution in [2.24, 2.45) is 0 Å². The van der Waals surface area contributed by atoms with Gasteiger partial charge >= 0.3 is 0 Å². The van der Waals surface area contributed by atoms with Gasteiger partial charge in [0.1, 0.15) is 5.75 Å². The van der Waals surface area contributed by atoms with Gasteiger partial charge in [-0.05, 0) is 31.2 Å². The van der Waals surface area contributed by atoms with Crippen LogP contribution in [0.4, 0.5) is 5.69 Å². The maximum atomic E-state index is 9.79. The van der Waals surface area contributed by atoms with Crippen LogP contribution in [0.2, 0.25) is 0 Å². The van der Waals surface area contributed by atoms with E-state index < -0.39 is 0 Å². The van der Waals surface area contributed by atoms with E-state index >= 15 is 0 Å². The average Bonchev–Trinajstić information content (AvgIpc) is 2.39. The van der Waals surface area contributed by atoms with Crippen molar-refractivity contribution in [1.82, 2.24) is 0 Å². The van der Waals surface area contributed by atoms with Crippen molar-refractivity contribution in [2.45, 2.75) is 13.0 Å². The molecule has 0 saturated carbocycles. The molecule has 90 valence electrons. The second kappa shape index (κ2) is 5.29. The summed E-state index contributed by atoms with van der Waals surface area (Å²) in [5, 5.41) is 13.1. The van der Waals surface area contributed by atoms with Gasteiger partial charge in [-0.1, -0.05) is 30.2 Å². The molecule has 0 bridgehead atoms. The van der Waals surface area contributed by atoms with Crippen LogP contribution in [0.1, 0.15) is 24.1 Å². The zero-order valence-electron chi connectivity index (χ0n) is 10.2. The van der Waals surface area contributed by atoms with Gasteiger partial charge in [0.05, 0.1) is 6.04 Å². The molecule has 2 rings (SSSR count). The zero-order chi connectivity index (χ0) is 13.0. The van der Waals surface area contributed by atoms with Crippen molar-refractivity contribution in [3.8, 4) is 18.1 Å². The molecule has 2 aromatic rings. The molecule has 2 nitrogen and oxygen atoms in total. The fourth-order valence-corrected chi connectivity index (χ4v) is 1.88. The second-order valence-electron chi connectivity index (χ2n) is 4.15. The van der Waals surface area contributed by atoms with Crippen LogP contribution in [0.3, 0.4) is 0 Å². The summed E-state index contributed by atoms with van der Waals surface area (Å²) in [4.78, 5) is 0. The first-order valence-electron chi connectivity index (χ1n) is 5.82. The Balaban J connectivity index is 2.19. The maximum Gasteiger partial charge on any atom is 0.120 e. The van der Waals surface area contributed by atoms with Gasteiger partial charge in [-0.3, -0.25) is 0 Å². The van der Waals surface area contributed by atoms with E-state index in [9.17, 15) is 5.11 Å². The van der Waals surface area contributed by atoms with E-state index in [2.05, 4.69) is 11.2 Å². The van der Waals surface area contributed by atoms with Crippen LogP contribution < -0.4 is 5.32 Å². The number of benzene rings is 2. The number of hydrogen-bond acceptors (Lipinski definition) is 2. The van der Waals surface area contributed by atoms with Crippen molar-refractivity contribution < 1.29 is 5.11 Å². The van der Waals surface area contributed by atoms with Crippen LogP contribution in [-0.4, -0.2) is 5.11 Å². The number of terminal acetylenes is 1. The first-order chi connectivity index (χ1) is 8.70. The highest BCUT2D eigenvalue weighted by atomic mass is 16.3. The predicted molar refractivity (Wildman–Crippen MR) is 74.5 cm³/mol. The Morgan fingerprint density at radius 3 is 2.67 bits per heavy atom. The minimum absolute atomic E-state index is 0.0132. The molecule has 0 aromatic heterocycles. The normalized spacial score (nSPS) is 11.6. The Bertz CT molecular complexity index is 584. The Kier molecular flexibility index (Phi) is 3.54. The van der Waals surface area contributed by atoms with Crippen LogP contribution in [0, 0.1) is 12.3 Å². The van der Waals surface area contributed by atoms with E-state index in [0.717, 1.165) is 16.8 Å². The van der Waals surface area contributed by atoms with Crippen LogP contribution in [0.5, 0.6) is 5.75 Å². The smallest absolute Gasteiger partial charge is 0.120 e. The van der Waals surface area contributed by atoms with E-state index in [1.807, 2.05) is 49.4 Å². The molecule has 2 N–H and O–H groups in total. The topological polar surface area (TPSA) is 32.3 Å². The SMILES string of the molecule is C#Cc1cccc(NC(C)c2ccccc2O)c1. The summed E-state index contributed by atoms with van der Waals surface area (Å²) in [7, 11) is 0. The molecule has 1 unspecified atom stereocenters. The number of anilines is 1. The summed E-state index contributed by atoms with van der Waals surface area (Å²) in [6, 6.07) is 15.0. The first kappa shape index (κ1) is 12.1. The fourth-order valence-electron chi connectivity index (χ4n) is 1.88. The van der Waals surface area contributed by atoms with Crippen LogP contribution >= 0.6 is 0 Å². The summed E-state index contributed by atoms with van der Waals surface area (Å²) in [6.45, 7) is 2.00. The Labute approximate surface area is 107 Å². The van der Waals surface area contributed by atoms with E-state index in [0.29, 0.717) is 5.75 Å². The molecule has 0 radical (unpaired) electrons. The lowest BCUT2D eigenvalue weighted by Gasteiger charge is -2.17. The molecule has 2 aromatic carbocycles. The van der Waals surface area contributed by atoms with Gasteiger partial charge in [-0.2, -0.15) is 0 Å². The molecule has 0 aliphatic carbocycles. The highest BCUT2D eigenvalue weighted by Crippen LogP contribution is 2.26. The number of para-hydroxylation sites is 1. The van der Waals surface area contributed by atoms with Crippen LogP contribution in [0.15, 0.2) is 48.5 Å². The molecule has 0 fully saturated rings. The monoisotopic (exact) mass is 237 g/mol. The summed E-state index contributed by atoms with van der Waals surface area (Å²) in [5.74, 6) is 2.90. The third-order valence-corrected chi connectivity index (χ3v) is 2.82. The van der Waals surface area contributed by atoms with Crippen molar-refractivity contribution in [3.05, 3.63) is 59.7 Å². The molecule has 18 heavy (non-hydrogen) atoms. The first-order valence-corrected chi connectivity index (χ1v) is 5.82. The Hall–Kier alpha value is -2.40. The van der Waals surface area contributed by atoms with Crippen LogP contribution in [-0.2, 0) is 0 Å². The van der Waals surface area contributed by atoms with Gasteiger partial charge in [0.2, 0.25) is 0 Å². The van der Waals surface area contributed by atoms with Crippen molar-refractivity contribution in [2.75, 3.05) is 5.32 Å². The third kappa shape index (κ3) is 2.64. The quantitative estimate of drug-likeness (QED) is 0.800. The second-order valence-corrected chi connectivity index (χ2v) is 4.15. The molecule has 2 heteroatoms. The molecule has 0 aliphatic rings. The number of nitrogens with one attached hydrogen (secondary N) is 1. The number of rotatable bonds is 3. The molecule has 0 saturated heterocycles. The minimum Gasteiger partial charge on any atom is -0.508 e. The van der Waals surface area contributed by atoms with Crippen molar-refractivity contribution in [3.63, 3.8) is 0 Å². The third-order valence-electron chi connectivity index (χ3n) is 2.82. The summed E-state index contributed by atoms with van der Waals surface area (Å²) < 4.78 is 0. The molecule has 0 spiro atoms. The molecule has 1 atom stereocenters. The summed E-state index contributed by atoms with van der Waals surface area (Å²) >= 11 is 0. The average molecular weight is 237 g/mol. The Morgan fingerprint density at radius 2 is 1.94 bits per heavy atom. The van der Waals surface area contributed by atoms with E-state index in [1.165, 1.54) is 0 Å². The number of aromatic hydroxyl groups is 1. The zero-order valence-corrected chi connectivity index (χ0v) is 10.2. The maximum absolute atomic E-state index is 9.79. The molecule has 0 heterocycles. The lowest BCUT2D eigenvalue weighted by atomic mass is 10.1. The van der Waals surface area contributed by atoms with E-state index in [-0.39, 0.29) is 6.04 Å². The molecular formula is C16H15NO. The number of phenols is 1. The van der Waals surface area contributed by atoms with E-state index in [4.69, 9.17) is 6.42 Å². The highest BCUT2D eigenvalue weighted by molar-refractivity contribution is 5.52. The lowest BCUT2D eigenvalue weighted by molar-refractivity contribution is 0.465. The predicted octanol–water partition coefficient (Wildman–Crippen LogP) is 3.55. The van der Waals surface area contributed by atoms with Gasteiger partial charge in [0.25, 0.3) is 0 Å². The van der Waals surface area contributed by atoms with Gasteiger partial charge in [-0.25, -0.2) is 0 Å². The largest absolute Gasteiger partial charge is 0.508 e. The standard InChI is InChI=1S/C16H15NO/c1-3-13-7-6-8-14(11-13)17-12(2)15-9-4-5-10-16(15)18/h1,4-12,17-18H,2H3. The number of hydrogen-bond donors (Lipinski definition) is 2. The van der Waals surface area contributed by atoms with Gasteiger partial charge < -0.3 is 10.4 Å². The van der Waals surface area contributed by atoms with Crippen molar-refractivity contribution >= 4 is 5.69 Å². The molecule has 0 amide bonds. The minimum atomic E-state index is 0.0132. The number of phenolic OH excluding ortho intramolecular Hbond substituents is 1. The summed E-state index contributed by atoms with van der Waals surface area (Å²) in [5.41, 5.74) is 2.65. The van der Waals surface area contributed by atoms with Gasteiger partial charge in [-0.15, -0.1) is 6.42 Å². The Morgan fingerprint density at radius 1 is 1.17 bits per heavy atom.